The maximum absolute atomic E-state index is 11.7. The average molecular weight is 319 g/mol. The van der Waals surface area contributed by atoms with Crippen molar-refractivity contribution in [2.75, 3.05) is 11.9 Å². The lowest BCUT2D eigenvalue weighted by Gasteiger charge is -2.19. The molecule has 0 fully saturated rings. The Hall–Kier alpha value is -0.620. The van der Waals surface area contributed by atoms with Crippen molar-refractivity contribution in [3.05, 3.63) is 27.8 Å². The van der Waals surface area contributed by atoms with Gasteiger partial charge in [0.1, 0.15) is 0 Å². The lowest BCUT2D eigenvalue weighted by Crippen LogP contribution is -2.29. The molecule has 0 spiro atoms. The minimum Gasteiger partial charge on any atom is -0.393 e. The fourth-order valence-electron chi connectivity index (χ4n) is 1.25. The number of amides is 1. The van der Waals surface area contributed by atoms with Gasteiger partial charge in [-0.05, 0) is 41.6 Å². The number of carbonyl (C=O) groups excluding carboxylic acids is 1. The second kappa shape index (κ2) is 5.46. The number of aliphatic hydroxyl groups excluding tert-OH is 1. The van der Waals surface area contributed by atoms with Crippen LogP contribution in [-0.2, 0) is 4.79 Å². The van der Waals surface area contributed by atoms with E-state index < -0.39 is 6.10 Å². The molecule has 0 aliphatic rings. The maximum atomic E-state index is 11.7. The number of hydrogen-bond acceptors (Lipinski definition) is 2. The highest BCUT2D eigenvalue weighted by molar-refractivity contribution is 14.1. The largest absolute Gasteiger partial charge is 0.393 e. The van der Waals surface area contributed by atoms with Crippen molar-refractivity contribution in [1.82, 2.24) is 0 Å². The number of nitrogens with zero attached hydrogens (tertiary/aromatic N) is 1. The topological polar surface area (TPSA) is 40.5 Å². The number of benzene rings is 1. The van der Waals surface area contributed by atoms with Gasteiger partial charge in [0.25, 0.3) is 0 Å². The van der Waals surface area contributed by atoms with Crippen LogP contribution < -0.4 is 4.90 Å². The van der Waals surface area contributed by atoms with Gasteiger partial charge in [0.2, 0.25) is 5.91 Å². The van der Waals surface area contributed by atoms with E-state index in [4.69, 9.17) is 5.11 Å². The minimum absolute atomic E-state index is 0.0749. The van der Waals surface area contributed by atoms with Crippen LogP contribution >= 0.6 is 22.6 Å². The molecule has 3 nitrogen and oxygen atoms in total. The van der Waals surface area contributed by atoms with E-state index in [0.29, 0.717) is 0 Å². The van der Waals surface area contributed by atoms with E-state index in [0.717, 1.165) is 9.26 Å². The first-order valence-corrected chi connectivity index (χ1v) is 5.79. The van der Waals surface area contributed by atoms with Gasteiger partial charge in [-0.2, -0.15) is 0 Å². The Morgan fingerprint density at radius 2 is 2.13 bits per heavy atom. The second-order valence-electron chi connectivity index (χ2n) is 3.46. The molecule has 1 atom stereocenters. The first kappa shape index (κ1) is 12.4. The van der Waals surface area contributed by atoms with E-state index in [2.05, 4.69) is 22.6 Å². The van der Waals surface area contributed by atoms with Crippen molar-refractivity contribution in [3.8, 4) is 0 Å². The highest BCUT2D eigenvalue weighted by atomic mass is 127. The van der Waals surface area contributed by atoms with E-state index >= 15 is 0 Å². The molecule has 1 aromatic rings. The quantitative estimate of drug-likeness (QED) is 0.866. The Labute approximate surface area is 103 Å². The highest BCUT2D eigenvalue weighted by Crippen LogP contribution is 2.21. The summed E-state index contributed by atoms with van der Waals surface area (Å²) in [5, 5.41) is 9.14. The molecule has 1 N–H and O–H groups in total. The van der Waals surface area contributed by atoms with Crippen molar-refractivity contribution in [1.29, 1.82) is 0 Å². The average Bonchev–Trinajstić information content (AvgIpc) is 2.16. The van der Waals surface area contributed by atoms with Gasteiger partial charge >= 0.3 is 0 Å². The standard InChI is InChI=1S/C11H14INO2/c1-8(14)7-11(15)13(2)10-6-4-3-5-9(10)12/h3-6,8,14H,7H2,1-2H3. The molecule has 0 heterocycles. The van der Waals surface area contributed by atoms with Crippen LogP contribution in [0.25, 0.3) is 0 Å². The molecule has 0 saturated heterocycles. The summed E-state index contributed by atoms with van der Waals surface area (Å²) < 4.78 is 1.02. The summed E-state index contributed by atoms with van der Waals surface area (Å²) in [7, 11) is 1.72. The molecule has 1 aromatic carbocycles. The Bertz CT molecular complexity index is 352. The van der Waals surface area contributed by atoms with Crippen LogP contribution in [0.15, 0.2) is 24.3 Å². The number of anilines is 1. The van der Waals surface area contributed by atoms with Crippen molar-refractivity contribution in [2.24, 2.45) is 0 Å². The van der Waals surface area contributed by atoms with Gasteiger partial charge in [0.05, 0.1) is 18.2 Å². The number of carbonyl (C=O) groups is 1. The van der Waals surface area contributed by atoms with E-state index in [1.54, 1.807) is 18.9 Å². The molecule has 4 heteroatoms. The van der Waals surface area contributed by atoms with Gasteiger partial charge in [0, 0.05) is 10.6 Å². The Morgan fingerprint density at radius 1 is 1.53 bits per heavy atom. The molecule has 0 saturated carbocycles. The van der Waals surface area contributed by atoms with Gasteiger partial charge < -0.3 is 10.0 Å². The van der Waals surface area contributed by atoms with Gasteiger partial charge in [-0.1, -0.05) is 12.1 Å². The van der Waals surface area contributed by atoms with Gasteiger partial charge in [-0.25, -0.2) is 0 Å². The first-order valence-electron chi connectivity index (χ1n) is 4.71. The normalized spacial score (nSPS) is 12.3. The van der Waals surface area contributed by atoms with Crippen LogP contribution in [0.3, 0.4) is 0 Å². The van der Waals surface area contributed by atoms with E-state index in [1.807, 2.05) is 24.3 Å². The summed E-state index contributed by atoms with van der Waals surface area (Å²) in [6, 6.07) is 7.66. The summed E-state index contributed by atoms with van der Waals surface area (Å²) in [6.45, 7) is 1.61. The fourth-order valence-corrected chi connectivity index (χ4v) is 2.00. The SMILES string of the molecule is CC(O)CC(=O)N(C)c1ccccc1I. The summed E-state index contributed by atoms with van der Waals surface area (Å²) >= 11 is 2.19. The zero-order valence-corrected chi connectivity index (χ0v) is 10.9. The van der Waals surface area contributed by atoms with Crippen molar-refractivity contribution >= 4 is 34.2 Å². The number of rotatable bonds is 3. The molecular formula is C11H14INO2. The number of aliphatic hydroxyl groups is 1. The highest BCUT2D eigenvalue weighted by Gasteiger charge is 2.14. The smallest absolute Gasteiger partial charge is 0.229 e. The molecule has 1 unspecified atom stereocenters. The van der Waals surface area contributed by atoms with Crippen molar-refractivity contribution in [3.63, 3.8) is 0 Å². The molecular weight excluding hydrogens is 305 g/mol. The summed E-state index contributed by atoms with van der Waals surface area (Å²) in [5.41, 5.74) is 0.878. The molecule has 15 heavy (non-hydrogen) atoms. The molecule has 1 rings (SSSR count). The zero-order valence-electron chi connectivity index (χ0n) is 8.77. The van der Waals surface area contributed by atoms with Gasteiger partial charge in [-0.3, -0.25) is 4.79 Å². The van der Waals surface area contributed by atoms with Crippen molar-refractivity contribution < 1.29 is 9.90 Å². The maximum Gasteiger partial charge on any atom is 0.229 e. The van der Waals surface area contributed by atoms with Gasteiger partial charge in [0.15, 0.2) is 0 Å². The van der Waals surface area contributed by atoms with Crippen molar-refractivity contribution in [2.45, 2.75) is 19.4 Å². The number of para-hydroxylation sites is 1. The zero-order chi connectivity index (χ0) is 11.4. The third-order valence-electron chi connectivity index (χ3n) is 2.06. The second-order valence-corrected chi connectivity index (χ2v) is 4.62. The monoisotopic (exact) mass is 319 g/mol. The number of hydrogen-bond donors (Lipinski definition) is 1. The molecule has 0 aromatic heterocycles. The minimum atomic E-state index is -0.596. The van der Waals surface area contributed by atoms with Crippen LogP contribution in [0.1, 0.15) is 13.3 Å². The predicted molar refractivity (Wildman–Crippen MR) is 68.9 cm³/mol. The molecule has 0 bridgehead atoms. The molecule has 0 aliphatic carbocycles. The van der Waals surface area contributed by atoms with E-state index in [1.165, 1.54) is 0 Å². The molecule has 0 aliphatic heterocycles. The molecule has 1 amide bonds. The third-order valence-corrected chi connectivity index (χ3v) is 2.97. The predicted octanol–water partition coefficient (Wildman–Crippen LogP) is 2.02. The Kier molecular flexibility index (Phi) is 4.53. The number of halogens is 1. The van der Waals surface area contributed by atoms with Crippen LogP contribution in [-0.4, -0.2) is 24.2 Å². The van der Waals surface area contributed by atoms with Crippen LogP contribution in [0, 0.1) is 3.57 Å². The van der Waals surface area contributed by atoms with Crippen LogP contribution in [0.2, 0.25) is 0 Å². The lowest BCUT2D eigenvalue weighted by molar-refractivity contribution is -0.119. The third kappa shape index (κ3) is 3.46. The Morgan fingerprint density at radius 3 is 2.67 bits per heavy atom. The molecule has 82 valence electrons. The molecule has 0 radical (unpaired) electrons. The first-order chi connectivity index (χ1) is 7.02. The Balaban J connectivity index is 2.81. The van der Waals surface area contributed by atoms with Crippen LogP contribution in [0.4, 0.5) is 5.69 Å². The summed E-state index contributed by atoms with van der Waals surface area (Å²) in [6.07, 6.45) is -0.442. The van der Waals surface area contributed by atoms with E-state index in [-0.39, 0.29) is 12.3 Å². The summed E-state index contributed by atoms with van der Waals surface area (Å²) in [5.74, 6) is -0.0749. The summed E-state index contributed by atoms with van der Waals surface area (Å²) in [4.78, 5) is 13.2. The lowest BCUT2D eigenvalue weighted by atomic mass is 10.2. The van der Waals surface area contributed by atoms with Gasteiger partial charge in [-0.15, -0.1) is 0 Å². The van der Waals surface area contributed by atoms with E-state index in [9.17, 15) is 4.79 Å². The van der Waals surface area contributed by atoms with Crippen LogP contribution in [0.5, 0.6) is 0 Å². The fraction of sp³-hybridized carbons (Fsp3) is 0.364.